The lowest BCUT2D eigenvalue weighted by atomic mass is 9.96. The maximum atomic E-state index is 9.51. The van der Waals surface area contributed by atoms with E-state index in [1.165, 1.54) is 38.6 Å². The summed E-state index contributed by atoms with van der Waals surface area (Å²) in [6.45, 7) is 2.22. The van der Waals surface area contributed by atoms with Crippen LogP contribution in [-0.2, 0) is 6.54 Å². The van der Waals surface area contributed by atoms with E-state index in [1.807, 2.05) is 6.92 Å². The topological polar surface area (TPSA) is 52.5 Å². The van der Waals surface area contributed by atoms with Crippen LogP contribution in [0, 0.1) is 0 Å². The van der Waals surface area contributed by atoms with E-state index in [1.54, 1.807) is 0 Å². The maximum Gasteiger partial charge on any atom is 0.0633 e. The summed E-state index contributed by atoms with van der Waals surface area (Å²) in [5.41, 5.74) is 5.59. The van der Waals surface area contributed by atoms with Crippen LogP contribution in [0.5, 0.6) is 0 Å². The monoisotopic (exact) mass is 319 g/mol. The summed E-state index contributed by atoms with van der Waals surface area (Å²) >= 11 is 0. The third-order valence-corrected chi connectivity index (χ3v) is 5.02. The summed E-state index contributed by atoms with van der Waals surface area (Å²) in [4.78, 5) is 0. The molecule has 0 heterocycles. The number of rotatable bonds is 5. The summed E-state index contributed by atoms with van der Waals surface area (Å²) in [5, 5.41) is 24.9. The molecule has 0 radical (unpaired) electrons. The smallest absolute Gasteiger partial charge is 0.0633 e. The summed E-state index contributed by atoms with van der Waals surface area (Å²) < 4.78 is 0. The SMILES string of the molecule is CC(CO)(CO)NCc1ccc2cccc3c2c1-c1ccccc1-3. The number of hydrogen-bond donors (Lipinski definition) is 3. The van der Waals surface area contributed by atoms with Crippen LogP contribution in [0.2, 0.25) is 0 Å². The molecule has 0 aromatic heterocycles. The molecule has 0 aliphatic heterocycles. The average molecular weight is 319 g/mol. The van der Waals surface area contributed by atoms with Crippen LogP contribution in [0.4, 0.5) is 0 Å². The molecule has 1 aliphatic carbocycles. The highest BCUT2D eigenvalue weighted by Gasteiger charge is 2.25. The number of aliphatic hydroxyl groups excluding tert-OH is 2. The first-order valence-corrected chi connectivity index (χ1v) is 8.28. The Labute approximate surface area is 141 Å². The molecule has 0 atom stereocenters. The Balaban J connectivity index is 1.85. The third kappa shape index (κ3) is 2.25. The van der Waals surface area contributed by atoms with E-state index in [0.717, 1.165) is 0 Å². The van der Waals surface area contributed by atoms with Crippen LogP contribution in [-0.4, -0.2) is 29.0 Å². The second-order valence-corrected chi connectivity index (χ2v) is 6.78. The van der Waals surface area contributed by atoms with E-state index in [-0.39, 0.29) is 13.2 Å². The van der Waals surface area contributed by atoms with Gasteiger partial charge in [0.2, 0.25) is 0 Å². The van der Waals surface area contributed by atoms with Crippen LogP contribution in [0.3, 0.4) is 0 Å². The van der Waals surface area contributed by atoms with Crippen molar-refractivity contribution in [3.63, 3.8) is 0 Å². The van der Waals surface area contributed by atoms with Gasteiger partial charge in [-0.2, -0.15) is 0 Å². The Kier molecular flexibility index (Phi) is 3.65. The second kappa shape index (κ2) is 5.71. The zero-order valence-electron chi connectivity index (χ0n) is 13.7. The van der Waals surface area contributed by atoms with Gasteiger partial charge in [0.25, 0.3) is 0 Å². The summed E-state index contributed by atoms with van der Waals surface area (Å²) in [6.07, 6.45) is 0. The minimum Gasteiger partial charge on any atom is -0.394 e. The summed E-state index contributed by atoms with van der Waals surface area (Å²) in [6, 6.07) is 19.2. The van der Waals surface area contributed by atoms with E-state index in [2.05, 4.69) is 59.9 Å². The number of benzene rings is 3. The van der Waals surface area contributed by atoms with E-state index in [4.69, 9.17) is 0 Å². The lowest BCUT2D eigenvalue weighted by Gasteiger charge is -2.27. The molecular formula is C21H21NO2. The molecule has 0 unspecified atom stereocenters. The largest absolute Gasteiger partial charge is 0.394 e. The molecule has 3 heteroatoms. The fourth-order valence-electron chi connectivity index (χ4n) is 3.51. The fourth-order valence-corrected chi connectivity index (χ4v) is 3.51. The van der Waals surface area contributed by atoms with Gasteiger partial charge in [-0.05, 0) is 45.5 Å². The molecule has 0 saturated carbocycles. The minimum atomic E-state index is -0.681. The first-order valence-electron chi connectivity index (χ1n) is 8.28. The Hall–Kier alpha value is -2.20. The van der Waals surface area contributed by atoms with Gasteiger partial charge in [-0.1, -0.05) is 54.6 Å². The fraction of sp³-hybridized carbons (Fsp3) is 0.238. The van der Waals surface area contributed by atoms with Crippen molar-refractivity contribution >= 4 is 10.8 Å². The average Bonchev–Trinajstić information content (AvgIpc) is 2.98. The minimum absolute atomic E-state index is 0.103. The van der Waals surface area contributed by atoms with Gasteiger partial charge in [-0.25, -0.2) is 0 Å². The van der Waals surface area contributed by atoms with Gasteiger partial charge in [-0.3, -0.25) is 0 Å². The van der Waals surface area contributed by atoms with Gasteiger partial charge in [0.1, 0.15) is 0 Å². The molecule has 3 aromatic carbocycles. The standard InChI is InChI=1S/C21H21NO2/c1-21(12-23,13-24)22-11-15-10-9-14-5-4-8-18-16-6-2-3-7-17(16)20(15)19(14)18/h2-10,22-24H,11-13H2,1H3. The third-order valence-electron chi connectivity index (χ3n) is 5.02. The molecule has 1 aliphatic rings. The summed E-state index contributed by atoms with van der Waals surface area (Å²) in [7, 11) is 0. The van der Waals surface area contributed by atoms with Crippen LogP contribution < -0.4 is 5.32 Å². The predicted molar refractivity (Wildman–Crippen MR) is 97.8 cm³/mol. The molecule has 0 amide bonds. The lowest BCUT2D eigenvalue weighted by molar-refractivity contribution is 0.103. The van der Waals surface area contributed by atoms with Crippen LogP contribution >= 0.6 is 0 Å². The highest BCUT2D eigenvalue weighted by molar-refractivity contribution is 6.16. The molecule has 4 rings (SSSR count). The van der Waals surface area contributed by atoms with Crippen molar-refractivity contribution < 1.29 is 10.2 Å². The van der Waals surface area contributed by atoms with Crippen molar-refractivity contribution in [2.45, 2.75) is 19.0 Å². The number of fused-ring (bicyclic) bond motifs is 3. The van der Waals surface area contributed by atoms with Gasteiger partial charge in [0.15, 0.2) is 0 Å². The van der Waals surface area contributed by atoms with Gasteiger partial charge < -0.3 is 15.5 Å². The number of aliphatic hydroxyl groups is 2. The second-order valence-electron chi connectivity index (χ2n) is 6.78. The first kappa shape index (κ1) is 15.3. The zero-order chi connectivity index (χ0) is 16.7. The van der Waals surface area contributed by atoms with Gasteiger partial charge >= 0.3 is 0 Å². The Morgan fingerprint density at radius 1 is 0.833 bits per heavy atom. The molecule has 3 aromatic rings. The lowest BCUT2D eigenvalue weighted by Crippen LogP contribution is -2.48. The van der Waals surface area contributed by atoms with E-state index >= 15 is 0 Å². The van der Waals surface area contributed by atoms with Crippen molar-refractivity contribution in [3.8, 4) is 22.3 Å². The molecule has 0 bridgehead atoms. The van der Waals surface area contributed by atoms with Gasteiger partial charge in [0, 0.05) is 6.54 Å². The van der Waals surface area contributed by atoms with Crippen LogP contribution in [0.15, 0.2) is 54.6 Å². The van der Waals surface area contributed by atoms with Crippen LogP contribution in [0.1, 0.15) is 12.5 Å². The van der Waals surface area contributed by atoms with Crippen molar-refractivity contribution in [2.24, 2.45) is 0 Å². The highest BCUT2D eigenvalue weighted by Crippen LogP contribution is 2.48. The van der Waals surface area contributed by atoms with Gasteiger partial charge in [0.05, 0.1) is 18.8 Å². The first-order chi connectivity index (χ1) is 11.7. The molecule has 0 fully saturated rings. The molecule has 122 valence electrons. The van der Waals surface area contributed by atoms with Crippen molar-refractivity contribution in [2.75, 3.05) is 13.2 Å². The quantitative estimate of drug-likeness (QED) is 0.529. The van der Waals surface area contributed by atoms with Crippen molar-refractivity contribution in [3.05, 3.63) is 60.2 Å². The molecule has 3 N–H and O–H groups in total. The van der Waals surface area contributed by atoms with Crippen molar-refractivity contribution in [1.82, 2.24) is 5.32 Å². The molecule has 24 heavy (non-hydrogen) atoms. The van der Waals surface area contributed by atoms with E-state index < -0.39 is 5.54 Å². The highest BCUT2D eigenvalue weighted by atomic mass is 16.3. The Morgan fingerprint density at radius 2 is 1.54 bits per heavy atom. The van der Waals surface area contributed by atoms with E-state index in [0.29, 0.717) is 6.54 Å². The number of nitrogens with one attached hydrogen (secondary N) is 1. The normalized spacial score (nSPS) is 12.6. The van der Waals surface area contributed by atoms with Crippen molar-refractivity contribution in [1.29, 1.82) is 0 Å². The summed E-state index contributed by atoms with van der Waals surface area (Å²) in [5.74, 6) is 0. The molecule has 0 saturated heterocycles. The predicted octanol–water partition coefficient (Wildman–Crippen LogP) is 3.32. The molecule has 3 nitrogen and oxygen atoms in total. The van der Waals surface area contributed by atoms with E-state index in [9.17, 15) is 10.2 Å². The van der Waals surface area contributed by atoms with Gasteiger partial charge in [-0.15, -0.1) is 0 Å². The van der Waals surface area contributed by atoms with Crippen LogP contribution in [0.25, 0.3) is 33.0 Å². The molecular weight excluding hydrogens is 298 g/mol. The zero-order valence-corrected chi connectivity index (χ0v) is 13.7. The maximum absolute atomic E-state index is 9.51. The number of hydrogen-bond acceptors (Lipinski definition) is 3. The molecule has 0 spiro atoms. The Morgan fingerprint density at radius 3 is 2.29 bits per heavy atom. The Bertz CT molecular complexity index is 913.